The molecule has 1 N–H and O–H groups in total. The van der Waals surface area contributed by atoms with Crippen LogP contribution in [-0.2, 0) is 6.42 Å². The van der Waals surface area contributed by atoms with E-state index in [9.17, 15) is 5.11 Å². The van der Waals surface area contributed by atoms with Gasteiger partial charge in [-0.1, -0.05) is 29.8 Å². The molecule has 0 aliphatic heterocycles. The Morgan fingerprint density at radius 3 is 2.56 bits per heavy atom. The highest BCUT2D eigenvalue weighted by molar-refractivity contribution is 5.21. The van der Waals surface area contributed by atoms with Gasteiger partial charge in [0.25, 0.3) is 0 Å². The average Bonchev–Trinajstić information content (AvgIpc) is 2.81. The third-order valence-electron chi connectivity index (χ3n) is 2.70. The molecule has 2 heteroatoms. The highest BCUT2D eigenvalue weighted by atomic mass is 16.4. The van der Waals surface area contributed by atoms with Gasteiger partial charge in [0.2, 0.25) is 0 Å². The molecule has 2 rings (SSSR count). The van der Waals surface area contributed by atoms with Crippen LogP contribution in [0.4, 0.5) is 0 Å². The number of aliphatic hydroxyl groups is 1. The van der Waals surface area contributed by atoms with Crippen LogP contribution < -0.4 is 0 Å². The molecule has 0 bridgehead atoms. The highest BCUT2D eigenvalue weighted by Gasteiger charge is 2.09. The van der Waals surface area contributed by atoms with Crippen molar-refractivity contribution in [2.45, 2.75) is 25.9 Å². The summed E-state index contributed by atoms with van der Waals surface area (Å²) >= 11 is 0. The summed E-state index contributed by atoms with van der Waals surface area (Å²) in [6.45, 7) is 2.07. The van der Waals surface area contributed by atoms with Crippen molar-refractivity contribution < 1.29 is 9.52 Å². The molecule has 0 saturated heterocycles. The van der Waals surface area contributed by atoms with Gasteiger partial charge in [0, 0.05) is 0 Å². The van der Waals surface area contributed by atoms with Gasteiger partial charge in [-0.3, -0.25) is 0 Å². The number of rotatable bonds is 4. The minimum absolute atomic E-state index is 0.503. The Balaban J connectivity index is 1.90. The molecule has 1 atom stereocenters. The Morgan fingerprint density at radius 1 is 1.19 bits per heavy atom. The molecule has 1 aromatic carbocycles. The number of hydrogen-bond acceptors (Lipinski definition) is 2. The maximum Gasteiger partial charge on any atom is 0.132 e. The number of benzene rings is 1. The molecule has 0 fully saturated rings. The fourth-order valence-corrected chi connectivity index (χ4v) is 1.68. The van der Waals surface area contributed by atoms with Crippen molar-refractivity contribution in [3.05, 3.63) is 59.5 Å². The summed E-state index contributed by atoms with van der Waals surface area (Å²) in [7, 11) is 0. The summed E-state index contributed by atoms with van der Waals surface area (Å²) in [5.41, 5.74) is 2.51. The smallest absolute Gasteiger partial charge is 0.132 e. The van der Waals surface area contributed by atoms with Gasteiger partial charge in [0.05, 0.1) is 6.26 Å². The van der Waals surface area contributed by atoms with E-state index in [2.05, 4.69) is 31.2 Å². The Morgan fingerprint density at radius 2 is 1.94 bits per heavy atom. The summed E-state index contributed by atoms with van der Waals surface area (Å²) in [5.74, 6) is 0.645. The first-order valence-electron chi connectivity index (χ1n) is 5.53. The lowest BCUT2D eigenvalue weighted by atomic mass is 10.0. The molecule has 0 aliphatic rings. The first kappa shape index (κ1) is 11.0. The monoisotopic (exact) mass is 216 g/mol. The third kappa shape index (κ3) is 2.74. The second-order valence-electron chi connectivity index (χ2n) is 4.06. The Kier molecular flexibility index (Phi) is 3.42. The Hall–Kier alpha value is -1.54. The van der Waals surface area contributed by atoms with E-state index in [1.807, 2.05) is 0 Å². The van der Waals surface area contributed by atoms with E-state index < -0.39 is 6.10 Å². The van der Waals surface area contributed by atoms with Gasteiger partial charge < -0.3 is 9.52 Å². The van der Waals surface area contributed by atoms with Gasteiger partial charge in [0.15, 0.2) is 0 Å². The van der Waals surface area contributed by atoms with Crippen LogP contribution in [0.1, 0.15) is 29.4 Å². The molecule has 0 saturated carbocycles. The van der Waals surface area contributed by atoms with Crippen LogP contribution in [0.2, 0.25) is 0 Å². The molecule has 0 aliphatic carbocycles. The van der Waals surface area contributed by atoms with Gasteiger partial charge in [-0.2, -0.15) is 0 Å². The fraction of sp³-hybridized carbons (Fsp3) is 0.286. The van der Waals surface area contributed by atoms with Crippen molar-refractivity contribution in [1.29, 1.82) is 0 Å². The van der Waals surface area contributed by atoms with E-state index in [-0.39, 0.29) is 0 Å². The molecule has 84 valence electrons. The van der Waals surface area contributed by atoms with Crippen LogP contribution in [0.3, 0.4) is 0 Å². The molecule has 2 nitrogen and oxygen atoms in total. The van der Waals surface area contributed by atoms with E-state index in [4.69, 9.17) is 4.42 Å². The lowest BCUT2D eigenvalue weighted by Crippen LogP contribution is -1.98. The van der Waals surface area contributed by atoms with Crippen molar-refractivity contribution in [2.75, 3.05) is 0 Å². The number of aryl methyl sites for hydroxylation is 2. The zero-order valence-electron chi connectivity index (χ0n) is 9.39. The summed E-state index contributed by atoms with van der Waals surface area (Å²) in [4.78, 5) is 0. The zero-order valence-corrected chi connectivity index (χ0v) is 9.39. The highest BCUT2D eigenvalue weighted by Crippen LogP contribution is 2.19. The van der Waals surface area contributed by atoms with Crippen LogP contribution in [0, 0.1) is 6.92 Å². The summed E-state index contributed by atoms with van der Waals surface area (Å²) in [5, 5.41) is 9.83. The van der Waals surface area contributed by atoms with Crippen molar-refractivity contribution in [3.63, 3.8) is 0 Å². The molecule has 2 aromatic rings. The normalized spacial score (nSPS) is 12.6. The molecule has 0 spiro atoms. The number of furan rings is 1. The maximum absolute atomic E-state index is 9.83. The van der Waals surface area contributed by atoms with Crippen molar-refractivity contribution in [3.8, 4) is 0 Å². The van der Waals surface area contributed by atoms with E-state index >= 15 is 0 Å². The van der Waals surface area contributed by atoms with Crippen molar-refractivity contribution >= 4 is 0 Å². The van der Waals surface area contributed by atoms with E-state index in [0.717, 1.165) is 6.42 Å². The average molecular weight is 216 g/mol. The van der Waals surface area contributed by atoms with Gasteiger partial charge in [-0.05, 0) is 37.5 Å². The van der Waals surface area contributed by atoms with Crippen molar-refractivity contribution in [2.24, 2.45) is 0 Å². The summed E-state index contributed by atoms with van der Waals surface area (Å²) in [6.07, 6.45) is 2.64. The minimum Gasteiger partial charge on any atom is -0.467 e. The van der Waals surface area contributed by atoms with E-state index in [1.54, 1.807) is 18.4 Å². The van der Waals surface area contributed by atoms with Crippen LogP contribution in [0.25, 0.3) is 0 Å². The standard InChI is InChI=1S/C14H16O2/c1-11-4-6-12(7-5-11)8-9-13(15)14-3-2-10-16-14/h2-7,10,13,15H,8-9H2,1H3. The quantitative estimate of drug-likeness (QED) is 0.851. The first-order valence-corrected chi connectivity index (χ1v) is 5.53. The molecule has 0 amide bonds. The predicted molar refractivity (Wildman–Crippen MR) is 63.2 cm³/mol. The number of hydrogen-bond donors (Lipinski definition) is 1. The van der Waals surface area contributed by atoms with Gasteiger partial charge >= 0.3 is 0 Å². The first-order chi connectivity index (χ1) is 7.75. The molecular formula is C14H16O2. The van der Waals surface area contributed by atoms with E-state index in [1.165, 1.54) is 11.1 Å². The van der Waals surface area contributed by atoms with Crippen LogP contribution in [0.5, 0.6) is 0 Å². The van der Waals surface area contributed by atoms with Crippen molar-refractivity contribution in [1.82, 2.24) is 0 Å². The fourth-order valence-electron chi connectivity index (χ4n) is 1.68. The third-order valence-corrected chi connectivity index (χ3v) is 2.70. The molecular weight excluding hydrogens is 200 g/mol. The predicted octanol–water partition coefficient (Wildman–Crippen LogP) is 3.25. The topological polar surface area (TPSA) is 33.4 Å². The van der Waals surface area contributed by atoms with Crippen LogP contribution in [-0.4, -0.2) is 5.11 Å². The Bertz CT molecular complexity index is 415. The Labute approximate surface area is 95.5 Å². The minimum atomic E-state index is -0.503. The largest absolute Gasteiger partial charge is 0.467 e. The molecule has 1 aromatic heterocycles. The van der Waals surface area contributed by atoms with Gasteiger partial charge in [0.1, 0.15) is 11.9 Å². The zero-order chi connectivity index (χ0) is 11.4. The second-order valence-corrected chi connectivity index (χ2v) is 4.06. The molecule has 1 heterocycles. The SMILES string of the molecule is Cc1ccc(CCC(O)c2ccco2)cc1. The van der Waals surface area contributed by atoms with Crippen LogP contribution >= 0.6 is 0 Å². The summed E-state index contributed by atoms with van der Waals surface area (Å²) in [6, 6.07) is 12.0. The number of aliphatic hydroxyl groups excluding tert-OH is 1. The molecule has 1 unspecified atom stereocenters. The van der Waals surface area contributed by atoms with Gasteiger partial charge in [-0.15, -0.1) is 0 Å². The lowest BCUT2D eigenvalue weighted by molar-refractivity contribution is 0.140. The summed E-state index contributed by atoms with van der Waals surface area (Å²) < 4.78 is 5.15. The van der Waals surface area contributed by atoms with Crippen LogP contribution in [0.15, 0.2) is 47.1 Å². The van der Waals surface area contributed by atoms with Gasteiger partial charge in [-0.25, -0.2) is 0 Å². The lowest BCUT2D eigenvalue weighted by Gasteiger charge is -2.07. The van der Waals surface area contributed by atoms with E-state index in [0.29, 0.717) is 12.2 Å². The molecule has 0 radical (unpaired) electrons. The second kappa shape index (κ2) is 4.99. The maximum atomic E-state index is 9.83. The molecule has 16 heavy (non-hydrogen) atoms.